The van der Waals surface area contributed by atoms with Crippen LogP contribution in [0.1, 0.15) is 44.7 Å². The number of nitrogens with zero attached hydrogens (tertiary/aromatic N) is 3. The van der Waals surface area contributed by atoms with Crippen molar-refractivity contribution in [1.82, 2.24) is 20.3 Å². The molecule has 1 saturated carbocycles. The van der Waals surface area contributed by atoms with E-state index in [0.717, 1.165) is 18.4 Å². The van der Waals surface area contributed by atoms with Crippen molar-refractivity contribution in [2.24, 2.45) is 0 Å². The smallest absolute Gasteiger partial charge is 0.249 e. The molecule has 0 radical (unpaired) electrons. The number of H-pyrrole nitrogens is 1. The molecule has 2 heterocycles. The van der Waals surface area contributed by atoms with Gasteiger partial charge in [-0.1, -0.05) is 5.57 Å². The summed E-state index contributed by atoms with van der Waals surface area (Å²) in [5, 5.41) is 20.8. The zero-order valence-electron chi connectivity index (χ0n) is 11.7. The Bertz CT molecular complexity index is 529. The summed E-state index contributed by atoms with van der Waals surface area (Å²) < 4.78 is 0. The number of allylic oxidation sites excluding steroid dienone is 1. The summed E-state index contributed by atoms with van der Waals surface area (Å²) in [5.41, 5.74) is 1.60. The van der Waals surface area contributed by atoms with Gasteiger partial charge in [0.1, 0.15) is 11.3 Å². The van der Waals surface area contributed by atoms with Crippen LogP contribution >= 0.6 is 0 Å². The first kappa shape index (κ1) is 13.3. The molecule has 1 aliphatic carbocycles. The molecular formula is C14H20N4O2. The SMILES string of the molecule is CC(C(=O)N1CCC(O)(c2cn[nH]n2)C1)=C1CCCC1. The van der Waals surface area contributed by atoms with Gasteiger partial charge in [0.2, 0.25) is 5.91 Å². The molecule has 6 heteroatoms. The minimum Gasteiger partial charge on any atom is -0.381 e. The lowest BCUT2D eigenvalue weighted by Crippen LogP contribution is -2.35. The molecule has 1 aromatic heterocycles. The topological polar surface area (TPSA) is 82.1 Å². The van der Waals surface area contributed by atoms with Gasteiger partial charge in [-0.25, -0.2) is 0 Å². The summed E-state index contributed by atoms with van der Waals surface area (Å²) in [6.07, 6.45) is 6.48. The number of amides is 1. The maximum absolute atomic E-state index is 12.5. The molecule has 6 nitrogen and oxygen atoms in total. The van der Waals surface area contributed by atoms with Gasteiger partial charge in [0.15, 0.2) is 0 Å². The molecule has 20 heavy (non-hydrogen) atoms. The monoisotopic (exact) mass is 276 g/mol. The molecule has 2 aliphatic rings. The third-order valence-electron chi connectivity index (χ3n) is 4.48. The van der Waals surface area contributed by atoms with Crippen molar-refractivity contribution < 1.29 is 9.90 Å². The fraction of sp³-hybridized carbons (Fsp3) is 0.643. The minimum atomic E-state index is -1.07. The van der Waals surface area contributed by atoms with E-state index < -0.39 is 5.60 Å². The molecule has 1 unspecified atom stereocenters. The number of β-amino-alcohol motifs (C(OH)–C–C–N with tert-alkyl or cyclic N) is 1. The molecule has 1 atom stereocenters. The average Bonchev–Trinajstić information content (AvgIpc) is 3.17. The number of hydrogen-bond donors (Lipinski definition) is 2. The molecular weight excluding hydrogens is 256 g/mol. The first-order valence-corrected chi connectivity index (χ1v) is 7.17. The number of carbonyl (C=O) groups excluding carboxylic acids is 1. The molecule has 0 bridgehead atoms. The van der Waals surface area contributed by atoms with Crippen LogP contribution < -0.4 is 0 Å². The zero-order chi connectivity index (χ0) is 14.2. The van der Waals surface area contributed by atoms with Gasteiger partial charge in [0.25, 0.3) is 0 Å². The number of aromatic amines is 1. The number of likely N-dealkylation sites (tertiary alicyclic amines) is 1. The third-order valence-corrected chi connectivity index (χ3v) is 4.48. The lowest BCUT2D eigenvalue weighted by Gasteiger charge is -2.21. The predicted molar refractivity (Wildman–Crippen MR) is 72.6 cm³/mol. The highest BCUT2D eigenvalue weighted by molar-refractivity contribution is 5.94. The Labute approximate surface area is 117 Å². The van der Waals surface area contributed by atoms with Crippen LogP contribution in [-0.2, 0) is 10.4 Å². The second-order valence-electron chi connectivity index (χ2n) is 5.80. The molecule has 1 aromatic rings. The van der Waals surface area contributed by atoms with Crippen LogP contribution in [0, 0.1) is 0 Å². The second kappa shape index (κ2) is 5.01. The van der Waals surface area contributed by atoms with Crippen molar-refractivity contribution in [3.05, 3.63) is 23.0 Å². The van der Waals surface area contributed by atoms with Gasteiger partial charge in [0.05, 0.1) is 12.7 Å². The van der Waals surface area contributed by atoms with Crippen LogP contribution in [0.25, 0.3) is 0 Å². The lowest BCUT2D eigenvalue weighted by molar-refractivity contribution is -0.127. The Balaban J connectivity index is 1.74. The van der Waals surface area contributed by atoms with Crippen molar-refractivity contribution in [3.63, 3.8) is 0 Å². The molecule has 2 N–H and O–H groups in total. The summed E-state index contributed by atoms with van der Waals surface area (Å²) in [6, 6.07) is 0. The molecule has 2 fully saturated rings. The number of nitrogens with one attached hydrogen (secondary N) is 1. The number of rotatable bonds is 2. The minimum absolute atomic E-state index is 0.0568. The molecule has 108 valence electrons. The number of carbonyl (C=O) groups is 1. The van der Waals surface area contributed by atoms with Crippen LogP contribution in [0.2, 0.25) is 0 Å². The van der Waals surface area contributed by atoms with E-state index in [2.05, 4.69) is 15.4 Å². The van der Waals surface area contributed by atoms with E-state index in [1.807, 2.05) is 6.92 Å². The number of hydrogen-bond acceptors (Lipinski definition) is 4. The zero-order valence-corrected chi connectivity index (χ0v) is 11.7. The lowest BCUT2D eigenvalue weighted by atomic mass is 10.00. The Morgan fingerprint density at radius 2 is 2.20 bits per heavy atom. The van der Waals surface area contributed by atoms with Gasteiger partial charge in [-0.05, 0) is 32.6 Å². The normalized spacial score (nSPS) is 26.3. The van der Waals surface area contributed by atoms with Gasteiger partial charge in [-0.3, -0.25) is 4.79 Å². The third kappa shape index (κ3) is 2.24. The molecule has 0 spiro atoms. The summed E-state index contributed by atoms with van der Waals surface area (Å²) in [5.74, 6) is 0.0568. The van der Waals surface area contributed by atoms with Crippen molar-refractivity contribution in [2.45, 2.75) is 44.6 Å². The van der Waals surface area contributed by atoms with Gasteiger partial charge in [-0.2, -0.15) is 15.4 Å². The van der Waals surface area contributed by atoms with Crippen molar-refractivity contribution in [3.8, 4) is 0 Å². The maximum atomic E-state index is 12.5. The van der Waals surface area contributed by atoms with E-state index in [4.69, 9.17) is 0 Å². The molecule has 1 amide bonds. The van der Waals surface area contributed by atoms with E-state index in [0.29, 0.717) is 25.2 Å². The molecule has 1 aliphatic heterocycles. The first-order chi connectivity index (χ1) is 9.60. The Morgan fingerprint density at radius 1 is 1.45 bits per heavy atom. The second-order valence-corrected chi connectivity index (χ2v) is 5.80. The largest absolute Gasteiger partial charge is 0.381 e. The Morgan fingerprint density at radius 3 is 2.85 bits per heavy atom. The number of aliphatic hydroxyl groups is 1. The van der Waals surface area contributed by atoms with Crippen molar-refractivity contribution in [1.29, 1.82) is 0 Å². The summed E-state index contributed by atoms with van der Waals surface area (Å²) >= 11 is 0. The highest BCUT2D eigenvalue weighted by Crippen LogP contribution is 2.33. The van der Waals surface area contributed by atoms with Gasteiger partial charge in [-0.15, -0.1) is 0 Å². The number of aromatic nitrogens is 3. The highest BCUT2D eigenvalue weighted by Gasteiger charge is 2.41. The van der Waals surface area contributed by atoms with Crippen LogP contribution in [-0.4, -0.2) is 44.4 Å². The van der Waals surface area contributed by atoms with Gasteiger partial charge in [0, 0.05) is 18.5 Å². The molecule has 0 aromatic carbocycles. The summed E-state index contributed by atoms with van der Waals surface area (Å²) in [4.78, 5) is 14.2. The summed E-state index contributed by atoms with van der Waals surface area (Å²) in [7, 11) is 0. The van der Waals surface area contributed by atoms with E-state index in [9.17, 15) is 9.90 Å². The van der Waals surface area contributed by atoms with Crippen LogP contribution in [0.15, 0.2) is 17.3 Å². The van der Waals surface area contributed by atoms with E-state index in [1.165, 1.54) is 24.6 Å². The van der Waals surface area contributed by atoms with Crippen LogP contribution in [0.3, 0.4) is 0 Å². The first-order valence-electron chi connectivity index (χ1n) is 7.17. The highest BCUT2D eigenvalue weighted by atomic mass is 16.3. The van der Waals surface area contributed by atoms with Crippen molar-refractivity contribution >= 4 is 5.91 Å². The van der Waals surface area contributed by atoms with Crippen LogP contribution in [0.4, 0.5) is 0 Å². The standard InChI is InChI=1S/C14H20N4O2/c1-10(11-4-2-3-5-11)13(19)18-7-6-14(20,9-18)12-8-15-17-16-12/h8,20H,2-7,9H2,1H3,(H,15,16,17). The Hall–Kier alpha value is -1.69. The van der Waals surface area contributed by atoms with Crippen LogP contribution in [0.5, 0.6) is 0 Å². The van der Waals surface area contributed by atoms with E-state index in [-0.39, 0.29) is 5.91 Å². The van der Waals surface area contributed by atoms with Gasteiger partial charge >= 0.3 is 0 Å². The maximum Gasteiger partial charge on any atom is 0.249 e. The Kier molecular flexibility index (Phi) is 3.33. The average molecular weight is 276 g/mol. The van der Waals surface area contributed by atoms with E-state index in [1.54, 1.807) is 4.90 Å². The molecule has 1 saturated heterocycles. The molecule has 3 rings (SSSR count). The fourth-order valence-corrected chi connectivity index (χ4v) is 3.17. The summed E-state index contributed by atoms with van der Waals surface area (Å²) in [6.45, 7) is 2.77. The fourth-order valence-electron chi connectivity index (χ4n) is 3.17. The predicted octanol–water partition coefficient (Wildman–Crippen LogP) is 1.12. The van der Waals surface area contributed by atoms with E-state index >= 15 is 0 Å². The van der Waals surface area contributed by atoms with Crippen molar-refractivity contribution in [2.75, 3.05) is 13.1 Å². The van der Waals surface area contributed by atoms with Gasteiger partial charge < -0.3 is 10.0 Å². The quantitative estimate of drug-likeness (QED) is 0.793.